The summed E-state index contributed by atoms with van der Waals surface area (Å²) in [5.74, 6) is 0. The number of hydrogen-bond donors (Lipinski definition) is 0. The van der Waals surface area contributed by atoms with Gasteiger partial charge in [-0.3, -0.25) is 0 Å². The van der Waals surface area contributed by atoms with E-state index in [1.165, 1.54) is 18.4 Å². The molecule has 1 aliphatic rings. The molecule has 3 heteroatoms. The normalized spacial score (nSPS) is 14.6. The molecule has 0 unspecified atom stereocenters. The van der Waals surface area contributed by atoms with Gasteiger partial charge in [-0.15, -0.1) is 11.8 Å². The summed E-state index contributed by atoms with van der Waals surface area (Å²) in [6, 6.07) is 4.19. The molecular weight excluding hydrogens is 192 g/mol. The van der Waals surface area contributed by atoms with Crippen molar-refractivity contribution in [3.05, 3.63) is 22.9 Å². The van der Waals surface area contributed by atoms with Crippen molar-refractivity contribution in [3.8, 4) is 6.07 Å². The number of pyridine rings is 1. The van der Waals surface area contributed by atoms with Gasteiger partial charge in [-0.25, -0.2) is 4.98 Å². The number of rotatable bonds is 1. The zero-order valence-electron chi connectivity index (χ0n) is 8.21. The van der Waals surface area contributed by atoms with Crippen molar-refractivity contribution in [3.63, 3.8) is 0 Å². The van der Waals surface area contributed by atoms with E-state index in [2.05, 4.69) is 11.1 Å². The number of aryl methyl sites for hydroxylation is 1. The Hall–Kier alpha value is -1.01. The Morgan fingerprint density at radius 3 is 2.93 bits per heavy atom. The van der Waals surface area contributed by atoms with Crippen LogP contribution in [-0.4, -0.2) is 11.2 Å². The lowest BCUT2D eigenvalue weighted by Crippen LogP contribution is -2.08. The molecule has 0 saturated carbocycles. The van der Waals surface area contributed by atoms with Crippen molar-refractivity contribution < 1.29 is 0 Å². The van der Waals surface area contributed by atoms with Gasteiger partial charge in [0.1, 0.15) is 0 Å². The third kappa shape index (κ3) is 1.62. The maximum atomic E-state index is 9.03. The van der Waals surface area contributed by atoms with Crippen molar-refractivity contribution >= 4 is 11.8 Å². The van der Waals surface area contributed by atoms with E-state index in [0.29, 0.717) is 0 Å². The highest BCUT2D eigenvalue weighted by molar-refractivity contribution is 7.98. The molecule has 0 amide bonds. The summed E-state index contributed by atoms with van der Waals surface area (Å²) >= 11 is 1.61. The van der Waals surface area contributed by atoms with Crippen molar-refractivity contribution in [2.45, 2.75) is 30.7 Å². The predicted molar refractivity (Wildman–Crippen MR) is 57.4 cm³/mol. The summed E-state index contributed by atoms with van der Waals surface area (Å²) in [7, 11) is 0. The molecule has 0 N–H and O–H groups in total. The molecule has 1 aromatic rings. The monoisotopic (exact) mass is 204 g/mol. The van der Waals surface area contributed by atoms with Crippen LogP contribution >= 0.6 is 11.8 Å². The van der Waals surface area contributed by atoms with Crippen LogP contribution in [0.3, 0.4) is 0 Å². The Kier molecular flexibility index (Phi) is 2.74. The second-order valence-corrected chi connectivity index (χ2v) is 4.28. The molecule has 0 spiro atoms. The van der Waals surface area contributed by atoms with Gasteiger partial charge in [0, 0.05) is 5.69 Å². The minimum absolute atomic E-state index is 0.832. The Bertz CT molecular complexity index is 393. The minimum atomic E-state index is 0.832. The highest BCUT2D eigenvalue weighted by Crippen LogP contribution is 2.26. The number of thioether (sulfide) groups is 1. The highest BCUT2D eigenvalue weighted by atomic mass is 32.2. The third-order valence-electron chi connectivity index (χ3n) is 2.61. The smallest absolute Gasteiger partial charge is 0.0996 e. The largest absolute Gasteiger partial charge is 0.246 e. The second kappa shape index (κ2) is 4.02. The van der Waals surface area contributed by atoms with Crippen LogP contribution in [0.25, 0.3) is 0 Å². The van der Waals surface area contributed by atoms with Crippen LogP contribution in [0.4, 0.5) is 0 Å². The Morgan fingerprint density at radius 2 is 2.21 bits per heavy atom. The van der Waals surface area contributed by atoms with Crippen LogP contribution in [0, 0.1) is 11.3 Å². The SMILES string of the molecule is CSc1cc(C#N)c2c(n1)CCCC2. The Balaban J connectivity index is 2.54. The van der Waals surface area contributed by atoms with Crippen LogP contribution in [0.2, 0.25) is 0 Å². The van der Waals surface area contributed by atoms with E-state index in [4.69, 9.17) is 5.26 Å². The molecule has 72 valence electrons. The molecular formula is C11H12N2S. The predicted octanol–water partition coefficient (Wildman–Crippen LogP) is 2.55. The fraction of sp³-hybridized carbons (Fsp3) is 0.455. The Labute approximate surface area is 88.4 Å². The van der Waals surface area contributed by atoms with E-state index in [-0.39, 0.29) is 0 Å². The number of aromatic nitrogens is 1. The van der Waals surface area contributed by atoms with E-state index >= 15 is 0 Å². The number of nitriles is 1. The van der Waals surface area contributed by atoms with Crippen LogP contribution in [0.15, 0.2) is 11.1 Å². The second-order valence-electron chi connectivity index (χ2n) is 3.46. The van der Waals surface area contributed by atoms with Crippen molar-refractivity contribution in [2.75, 3.05) is 6.26 Å². The van der Waals surface area contributed by atoms with Gasteiger partial charge in [0.15, 0.2) is 0 Å². The molecule has 0 bridgehead atoms. The third-order valence-corrected chi connectivity index (χ3v) is 3.23. The quantitative estimate of drug-likeness (QED) is 0.660. The molecule has 1 aliphatic carbocycles. The van der Waals surface area contributed by atoms with Gasteiger partial charge in [0.25, 0.3) is 0 Å². The van der Waals surface area contributed by atoms with Crippen molar-refractivity contribution in [1.82, 2.24) is 4.98 Å². The number of hydrogen-bond acceptors (Lipinski definition) is 3. The molecule has 0 aromatic carbocycles. The molecule has 14 heavy (non-hydrogen) atoms. The van der Waals surface area contributed by atoms with Crippen LogP contribution in [-0.2, 0) is 12.8 Å². The van der Waals surface area contributed by atoms with E-state index in [9.17, 15) is 0 Å². The molecule has 0 fully saturated rings. The maximum absolute atomic E-state index is 9.03. The van der Waals surface area contributed by atoms with Crippen molar-refractivity contribution in [1.29, 1.82) is 5.26 Å². The first-order chi connectivity index (χ1) is 6.85. The van der Waals surface area contributed by atoms with Gasteiger partial charge < -0.3 is 0 Å². The van der Waals surface area contributed by atoms with Crippen LogP contribution in [0.1, 0.15) is 29.7 Å². The fourth-order valence-electron chi connectivity index (χ4n) is 1.88. The lowest BCUT2D eigenvalue weighted by molar-refractivity contribution is 0.659. The zero-order chi connectivity index (χ0) is 9.97. The maximum Gasteiger partial charge on any atom is 0.0996 e. The van der Waals surface area contributed by atoms with Crippen molar-refractivity contribution in [2.24, 2.45) is 0 Å². The first-order valence-electron chi connectivity index (χ1n) is 4.82. The first-order valence-corrected chi connectivity index (χ1v) is 6.04. The molecule has 2 rings (SSSR count). The van der Waals surface area contributed by atoms with Gasteiger partial charge in [-0.05, 0) is 43.6 Å². The molecule has 0 radical (unpaired) electrons. The highest BCUT2D eigenvalue weighted by Gasteiger charge is 2.15. The summed E-state index contributed by atoms with van der Waals surface area (Å²) in [6.45, 7) is 0. The van der Waals surface area contributed by atoms with Crippen LogP contribution < -0.4 is 0 Å². The zero-order valence-corrected chi connectivity index (χ0v) is 9.02. The summed E-state index contributed by atoms with van der Waals surface area (Å²) in [4.78, 5) is 4.55. The van der Waals surface area contributed by atoms with Gasteiger partial charge in [-0.1, -0.05) is 0 Å². The van der Waals surface area contributed by atoms with Gasteiger partial charge >= 0.3 is 0 Å². The lowest BCUT2D eigenvalue weighted by atomic mass is 9.93. The molecule has 2 nitrogen and oxygen atoms in total. The van der Waals surface area contributed by atoms with Gasteiger partial charge in [0.05, 0.1) is 16.7 Å². The molecule has 1 aromatic heterocycles. The fourth-order valence-corrected chi connectivity index (χ4v) is 2.32. The molecule has 0 saturated heterocycles. The van der Waals surface area contributed by atoms with E-state index in [1.54, 1.807) is 11.8 Å². The summed E-state index contributed by atoms with van der Waals surface area (Å²) in [6.07, 6.45) is 6.47. The Morgan fingerprint density at radius 1 is 1.43 bits per heavy atom. The van der Waals surface area contributed by atoms with Gasteiger partial charge in [-0.2, -0.15) is 5.26 Å². The summed E-state index contributed by atoms with van der Waals surface area (Å²) < 4.78 is 0. The minimum Gasteiger partial charge on any atom is -0.246 e. The first kappa shape index (κ1) is 9.54. The molecule has 0 atom stereocenters. The van der Waals surface area contributed by atoms with Gasteiger partial charge in [0.2, 0.25) is 0 Å². The number of nitrogens with zero attached hydrogens (tertiary/aromatic N) is 2. The standard InChI is InChI=1S/C11H12N2S/c1-14-11-6-8(7-12)9-4-2-3-5-10(9)13-11/h6H,2-5H2,1H3. The summed E-state index contributed by atoms with van der Waals surface area (Å²) in [5, 5.41) is 10.0. The number of fused-ring (bicyclic) bond motifs is 1. The average Bonchev–Trinajstić information content (AvgIpc) is 2.27. The molecule has 0 aliphatic heterocycles. The lowest BCUT2D eigenvalue weighted by Gasteiger charge is -2.16. The molecule has 1 heterocycles. The van der Waals surface area contributed by atoms with E-state index < -0.39 is 0 Å². The summed E-state index contributed by atoms with van der Waals surface area (Å²) in [5.41, 5.74) is 3.18. The topological polar surface area (TPSA) is 36.7 Å². The van der Waals surface area contributed by atoms with E-state index in [1.807, 2.05) is 12.3 Å². The van der Waals surface area contributed by atoms with Crippen LogP contribution in [0.5, 0.6) is 0 Å². The average molecular weight is 204 g/mol. The van der Waals surface area contributed by atoms with E-state index in [0.717, 1.165) is 29.1 Å².